The molecule has 0 saturated carbocycles. The third kappa shape index (κ3) is 3.91. The van der Waals surface area contributed by atoms with Gasteiger partial charge in [-0.25, -0.2) is 14.8 Å². The Labute approximate surface area is 179 Å². The topological polar surface area (TPSA) is 93.7 Å². The summed E-state index contributed by atoms with van der Waals surface area (Å²) in [6.07, 6.45) is 7.72. The number of carbonyl (C=O) groups is 2. The number of amides is 2. The van der Waals surface area contributed by atoms with E-state index in [0.717, 1.165) is 67.7 Å². The molecule has 4 rings (SSSR count). The first-order valence-corrected chi connectivity index (χ1v) is 11.0. The van der Waals surface area contributed by atoms with Gasteiger partial charge in [0, 0.05) is 38.1 Å². The number of allylic oxidation sites excluding steroid dienone is 2. The van der Waals surface area contributed by atoms with Gasteiger partial charge in [0.2, 0.25) is 5.88 Å². The van der Waals surface area contributed by atoms with E-state index in [0.29, 0.717) is 22.9 Å². The molecule has 2 saturated heterocycles. The van der Waals surface area contributed by atoms with Gasteiger partial charge in [0.05, 0.1) is 11.8 Å². The second-order valence-electron chi connectivity index (χ2n) is 7.77. The van der Waals surface area contributed by atoms with Crippen LogP contribution in [0.5, 0.6) is 5.88 Å². The number of likely N-dealkylation sites (tertiary alicyclic amines) is 1. The number of urea groups is 1. The maximum atomic E-state index is 12.9. The predicted molar refractivity (Wildman–Crippen MR) is 116 cm³/mol. The van der Waals surface area contributed by atoms with Gasteiger partial charge >= 0.3 is 6.03 Å². The molecule has 1 N–H and O–H groups in total. The van der Waals surface area contributed by atoms with Gasteiger partial charge in [0.15, 0.2) is 5.13 Å². The maximum Gasteiger partial charge on any atom is 0.323 e. The van der Waals surface area contributed by atoms with Crippen molar-refractivity contribution in [3.63, 3.8) is 0 Å². The summed E-state index contributed by atoms with van der Waals surface area (Å²) in [7, 11) is 1.54. The summed E-state index contributed by atoms with van der Waals surface area (Å²) >= 11 is 1.37. The Balaban J connectivity index is 1.58. The first-order valence-electron chi connectivity index (χ1n) is 10.2. The lowest BCUT2D eigenvalue weighted by molar-refractivity contribution is -0.104. The molecule has 2 amide bonds. The van der Waals surface area contributed by atoms with Gasteiger partial charge in [-0.15, -0.1) is 0 Å². The number of nitrogens with zero attached hydrogens (tertiary/aromatic N) is 3. The number of ether oxygens (including phenoxy) is 2. The number of anilines is 1. The number of rotatable bonds is 5. The molecule has 0 bridgehead atoms. The van der Waals surface area contributed by atoms with Crippen molar-refractivity contribution in [2.24, 2.45) is 5.41 Å². The summed E-state index contributed by atoms with van der Waals surface area (Å²) in [5.41, 5.74) is 2.48. The van der Waals surface area contributed by atoms with Crippen molar-refractivity contribution >= 4 is 44.6 Å². The molecule has 0 aliphatic carbocycles. The zero-order valence-corrected chi connectivity index (χ0v) is 18.1. The molecule has 2 fully saturated rings. The molecule has 8 nitrogen and oxygen atoms in total. The van der Waals surface area contributed by atoms with Crippen LogP contribution in [0.15, 0.2) is 12.3 Å². The van der Waals surface area contributed by atoms with E-state index in [4.69, 9.17) is 9.47 Å². The van der Waals surface area contributed by atoms with Crippen molar-refractivity contribution in [2.75, 3.05) is 38.7 Å². The van der Waals surface area contributed by atoms with Crippen LogP contribution in [0.25, 0.3) is 15.8 Å². The number of thiazole rings is 1. The number of aromatic nitrogens is 2. The lowest BCUT2D eigenvalue weighted by atomic mass is 9.80. The number of methoxy groups -OCH3 is 1. The summed E-state index contributed by atoms with van der Waals surface area (Å²) < 4.78 is 11.7. The Bertz CT molecular complexity index is 981. The van der Waals surface area contributed by atoms with Gasteiger partial charge < -0.3 is 14.4 Å². The van der Waals surface area contributed by atoms with Crippen molar-refractivity contribution in [1.29, 1.82) is 0 Å². The lowest BCUT2D eigenvalue weighted by Crippen LogP contribution is -2.37. The number of hydrogen-bond donors (Lipinski definition) is 1. The first-order chi connectivity index (χ1) is 14.6. The molecule has 160 valence electrons. The van der Waals surface area contributed by atoms with Gasteiger partial charge in [0.1, 0.15) is 11.8 Å². The lowest BCUT2D eigenvalue weighted by Gasteiger charge is -2.33. The molecule has 1 spiro atoms. The summed E-state index contributed by atoms with van der Waals surface area (Å²) in [6.45, 7) is 5.03. The Kier molecular flexibility index (Phi) is 6.01. The predicted octanol–water partition coefficient (Wildman–Crippen LogP) is 3.73. The first kappa shape index (κ1) is 20.7. The zero-order valence-electron chi connectivity index (χ0n) is 17.3. The van der Waals surface area contributed by atoms with Gasteiger partial charge in [-0.3, -0.25) is 10.1 Å². The highest BCUT2D eigenvalue weighted by Gasteiger charge is 2.41. The van der Waals surface area contributed by atoms with Crippen LogP contribution in [0.3, 0.4) is 0 Å². The van der Waals surface area contributed by atoms with Crippen molar-refractivity contribution < 1.29 is 19.1 Å². The van der Waals surface area contributed by atoms with Crippen LogP contribution < -0.4 is 10.1 Å². The zero-order chi connectivity index (χ0) is 21.1. The van der Waals surface area contributed by atoms with Crippen LogP contribution in [-0.4, -0.2) is 60.6 Å². The molecule has 0 unspecified atom stereocenters. The van der Waals surface area contributed by atoms with Crippen molar-refractivity contribution in [3.05, 3.63) is 17.8 Å². The summed E-state index contributed by atoms with van der Waals surface area (Å²) in [4.78, 5) is 34.7. The molecule has 4 heterocycles. The molecule has 2 aromatic rings. The van der Waals surface area contributed by atoms with E-state index in [1.165, 1.54) is 11.3 Å². The van der Waals surface area contributed by atoms with Crippen LogP contribution in [0.1, 0.15) is 38.2 Å². The van der Waals surface area contributed by atoms with Crippen LogP contribution in [0, 0.1) is 5.41 Å². The highest BCUT2D eigenvalue weighted by Crippen LogP contribution is 2.40. The van der Waals surface area contributed by atoms with E-state index in [-0.39, 0.29) is 11.4 Å². The van der Waals surface area contributed by atoms with Crippen LogP contribution >= 0.6 is 11.3 Å². The maximum absolute atomic E-state index is 12.9. The number of carbonyl (C=O) groups excluding carboxylic acids is 2. The number of pyridine rings is 1. The Hall–Kier alpha value is -2.52. The van der Waals surface area contributed by atoms with Gasteiger partial charge in [-0.2, -0.15) is 0 Å². The fourth-order valence-electron chi connectivity index (χ4n) is 4.29. The fraction of sp³-hybridized carbons (Fsp3) is 0.524. The third-order valence-corrected chi connectivity index (χ3v) is 7.07. The molecule has 2 aromatic heterocycles. The second kappa shape index (κ2) is 8.69. The molecule has 2 aliphatic rings. The molecular weight excluding hydrogens is 404 g/mol. The minimum absolute atomic E-state index is 0.134. The SMILES string of the molecule is CC/C(=C\C=O)c1cnc(OC)c2nc(NC(=O)N3CCC4(CCOCC4)C3)sc12. The molecule has 0 aromatic carbocycles. The number of hydrogen-bond acceptors (Lipinski definition) is 7. The van der Waals surface area contributed by atoms with E-state index < -0.39 is 0 Å². The average molecular weight is 431 g/mol. The van der Waals surface area contributed by atoms with Crippen molar-refractivity contribution in [2.45, 2.75) is 32.6 Å². The molecular formula is C21H26N4O4S. The van der Waals surface area contributed by atoms with Gasteiger partial charge in [0.25, 0.3) is 0 Å². The number of fused-ring (bicyclic) bond motifs is 1. The fourth-order valence-corrected chi connectivity index (χ4v) is 5.29. The second-order valence-corrected chi connectivity index (χ2v) is 8.77. The number of aldehydes is 1. The van der Waals surface area contributed by atoms with Crippen LogP contribution in [-0.2, 0) is 9.53 Å². The molecule has 30 heavy (non-hydrogen) atoms. The van der Waals surface area contributed by atoms with E-state index in [1.54, 1.807) is 19.4 Å². The van der Waals surface area contributed by atoms with Crippen molar-refractivity contribution in [3.8, 4) is 5.88 Å². The van der Waals surface area contributed by atoms with Crippen molar-refractivity contribution in [1.82, 2.24) is 14.9 Å². The summed E-state index contributed by atoms with van der Waals surface area (Å²) in [6, 6.07) is -0.134. The normalized spacial score (nSPS) is 18.7. The molecule has 2 aliphatic heterocycles. The van der Waals surface area contributed by atoms with E-state index in [9.17, 15) is 9.59 Å². The van der Waals surface area contributed by atoms with E-state index >= 15 is 0 Å². The van der Waals surface area contributed by atoms with E-state index in [1.807, 2.05) is 11.8 Å². The monoisotopic (exact) mass is 430 g/mol. The quantitative estimate of drug-likeness (QED) is 0.574. The smallest absolute Gasteiger partial charge is 0.323 e. The highest BCUT2D eigenvalue weighted by molar-refractivity contribution is 7.22. The Morgan fingerprint density at radius 1 is 1.40 bits per heavy atom. The summed E-state index contributed by atoms with van der Waals surface area (Å²) in [5, 5.41) is 3.45. The highest BCUT2D eigenvalue weighted by atomic mass is 32.1. The van der Waals surface area contributed by atoms with E-state index in [2.05, 4.69) is 15.3 Å². The van der Waals surface area contributed by atoms with Gasteiger partial charge in [-0.1, -0.05) is 18.3 Å². The standard InChI is InChI=1S/C21H26N4O4S/c1-3-14(4-9-26)15-12-22-18(28-2)16-17(15)30-19(23-16)24-20(27)25-8-5-21(13-25)6-10-29-11-7-21/h4,9,12H,3,5-8,10-11,13H2,1-2H3,(H,23,24,27)/b14-4+. The summed E-state index contributed by atoms with van der Waals surface area (Å²) in [5.74, 6) is 0.398. The minimum atomic E-state index is -0.134. The minimum Gasteiger partial charge on any atom is -0.479 e. The van der Waals surface area contributed by atoms with Crippen LogP contribution in [0.4, 0.5) is 9.93 Å². The third-order valence-electron chi connectivity index (χ3n) is 6.07. The Morgan fingerprint density at radius 3 is 2.90 bits per heavy atom. The Morgan fingerprint density at radius 2 is 2.20 bits per heavy atom. The largest absolute Gasteiger partial charge is 0.479 e. The van der Waals surface area contributed by atoms with Crippen LogP contribution in [0.2, 0.25) is 0 Å². The molecule has 0 atom stereocenters. The number of nitrogens with one attached hydrogen (secondary N) is 1. The van der Waals surface area contributed by atoms with Gasteiger partial charge in [-0.05, 0) is 42.7 Å². The molecule has 0 radical (unpaired) electrons. The average Bonchev–Trinajstić information content (AvgIpc) is 3.36. The molecule has 9 heteroatoms.